The molecule has 0 aromatic rings. The molecule has 0 heterocycles. The molecule has 0 saturated heterocycles. The number of rotatable bonds is 3. The van der Waals surface area contributed by atoms with Crippen LogP contribution in [-0.4, -0.2) is 42.9 Å². The van der Waals surface area contributed by atoms with Crippen molar-refractivity contribution >= 4 is 12.0 Å². The van der Waals surface area contributed by atoms with Crippen LogP contribution in [-0.2, 0) is 14.4 Å². The highest BCUT2D eigenvalue weighted by Gasteiger charge is 2.36. The summed E-state index contributed by atoms with van der Waals surface area (Å²) < 4.78 is 5.17. The third-order valence-corrected chi connectivity index (χ3v) is 2.36. The van der Waals surface area contributed by atoms with Gasteiger partial charge in [0.25, 0.3) is 5.91 Å². The number of hydrogen-bond donors (Lipinski definition) is 1. The van der Waals surface area contributed by atoms with Gasteiger partial charge < -0.3 is 10.1 Å². The van der Waals surface area contributed by atoms with Crippen LogP contribution in [0.25, 0.3) is 0 Å². The predicted molar refractivity (Wildman–Crippen MR) is 72.4 cm³/mol. The van der Waals surface area contributed by atoms with Crippen LogP contribution in [0, 0.1) is 5.41 Å². The van der Waals surface area contributed by atoms with Gasteiger partial charge in [-0.3, -0.25) is 9.63 Å². The quantitative estimate of drug-likeness (QED) is 0.799. The number of nitrogens with zero attached hydrogens (tertiary/aromatic N) is 1. The van der Waals surface area contributed by atoms with Gasteiger partial charge in [0.15, 0.2) is 0 Å². The van der Waals surface area contributed by atoms with E-state index in [9.17, 15) is 9.59 Å². The fourth-order valence-corrected chi connectivity index (χ4v) is 1.35. The monoisotopic (exact) mass is 274 g/mol. The molecule has 1 atom stereocenters. The highest BCUT2D eigenvalue weighted by molar-refractivity contribution is 5.85. The number of hydroxylamine groups is 2. The topological polar surface area (TPSA) is 67.9 Å². The van der Waals surface area contributed by atoms with Crippen LogP contribution in [0.5, 0.6) is 0 Å². The lowest BCUT2D eigenvalue weighted by Gasteiger charge is -2.33. The zero-order chi connectivity index (χ0) is 15.4. The minimum atomic E-state index is -0.729. The van der Waals surface area contributed by atoms with Crippen LogP contribution < -0.4 is 5.32 Å². The van der Waals surface area contributed by atoms with E-state index in [1.54, 1.807) is 20.8 Å². The molecule has 0 aromatic carbocycles. The van der Waals surface area contributed by atoms with Crippen molar-refractivity contribution in [3.63, 3.8) is 0 Å². The first kappa shape index (κ1) is 17.7. The summed E-state index contributed by atoms with van der Waals surface area (Å²) in [6.07, 6.45) is -0.620. The Morgan fingerprint density at radius 2 is 1.58 bits per heavy atom. The maximum absolute atomic E-state index is 12.2. The van der Waals surface area contributed by atoms with Gasteiger partial charge in [0.2, 0.25) is 0 Å². The predicted octanol–water partition coefficient (Wildman–Crippen LogP) is 1.95. The number of likely N-dealkylation sites (N-methyl/N-ethyl adjacent to an activating group) is 1. The molecule has 0 rings (SSSR count). The zero-order valence-corrected chi connectivity index (χ0v) is 13.2. The molecule has 6 heteroatoms. The second-order valence-corrected chi connectivity index (χ2v) is 6.46. The normalized spacial score (nSPS) is 13.7. The minimum Gasteiger partial charge on any atom is -0.444 e. The molecule has 0 aliphatic rings. The molecule has 0 unspecified atom stereocenters. The van der Waals surface area contributed by atoms with Gasteiger partial charge in [-0.25, -0.2) is 9.86 Å². The second kappa shape index (κ2) is 6.23. The molecule has 112 valence electrons. The average molecular weight is 274 g/mol. The van der Waals surface area contributed by atoms with Gasteiger partial charge in [-0.2, -0.15) is 0 Å². The van der Waals surface area contributed by atoms with E-state index in [2.05, 4.69) is 5.32 Å². The average Bonchev–Trinajstić information content (AvgIpc) is 2.19. The second-order valence-electron chi connectivity index (χ2n) is 6.46. The van der Waals surface area contributed by atoms with Gasteiger partial charge in [-0.15, -0.1) is 0 Å². The van der Waals surface area contributed by atoms with Gasteiger partial charge >= 0.3 is 6.09 Å². The third kappa shape index (κ3) is 6.42. The molecule has 2 amide bonds. The molecule has 19 heavy (non-hydrogen) atoms. The fourth-order valence-electron chi connectivity index (χ4n) is 1.35. The van der Waals surface area contributed by atoms with E-state index in [0.29, 0.717) is 0 Å². The lowest BCUT2D eigenvalue weighted by atomic mass is 9.86. The molecule has 0 aromatic heterocycles. The van der Waals surface area contributed by atoms with E-state index in [1.807, 2.05) is 20.8 Å². The first-order valence-electron chi connectivity index (χ1n) is 6.19. The van der Waals surface area contributed by atoms with Crippen molar-refractivity contribution in [1.82, 2.24) is 10.4 Å². The molecule has 0 spiro atoms. The summed E-state index contributed by atoms with van der Waals surface area (Å²) >= 11 is 0. The SMILES string of the molecule is CON(C)C(=O)[C@@H](NC(=O)OC(C)(C)C)C(C)(C)C. The van der Waals surface area contributed by atoms with E-state index in [4.69, 9.17) is 9.57 Å². The first-order chi connectivity index (χ1) is 8.38. The van der Waals surface area contributed by atoms with Crippen LogP contribution >= 0.6 is 0 Å². The summed E-state index contributed by atoms with van der Waals surface area (Å²) in [5.74, 6) is -0.333. The molecule has 6 nitrogen and oxygen atoms in total. The molecule has 0 fully saturated rings. The Balaban J connectivity index is 4.91. The van der Waals surface area contributed by atoms with Crippen LogP contribution in [0.4, 0.5) is 4.79 Å². The number of ether oxygens (including phenoxy) is 1. The first-order valence-corrected chi connectivity index (χ1v) is 6.19. The van der Waals surface area contributed by atoms with Crippen molar-refractivity contribution in [2.24, 2.45) is 5.41 Å². The van der Waals surface area contributed by atoms with Gasteiger partial charge in [-0.1, -0.05) is 20.8 Å². The summed E-state index contributed by atoms with van der Waals surface area (Å²) in [6, 6.07) is -0.729. The van der Waals surface area contributed by atoms with Crippen molar-refractivity contribution in [2.45, 2.75) is 53.2 Å². The van der Waals surface area contributed by atoms with E-state index < -0.39 is 23.2 Å². The summed E-state index contributed by atoms with van der Waals surface area (Å²) in [4.78, 5) is 28.8. The lowest BCUT2D eigenvalue weighted by Crippen LogP contribution is -2.54. The van der Waals surface area contributed by atoms with Crippen LogP contribution in [0.3, 0.4) is 0 Å². The highest BCUT2D eigenvalue weighted by Crippen LogP contribution is 2.21. The molecular formula is C13H26N2O4. The molecule has 0 bridgehead atoms. The molecule has 0 aliphatic carbocycles. The zero-order valence-electron chi connectivity index (χ0n) is 13.2. The minimum absolute atomic E-state index is 0.333. The van der Waals surface area contributed by atoms with Gasteiger partial charge in [0, 0.05) is 7.05 Å². The maximum Gasteiger partial charge on any atom is 0.408 e. The Morgan fingerprint density at radius 3 is 1.89 bits per heavy atom. The van der Waals surface area contributed by atoms with Crippen LogP contribution in [0.15, 0.2) is 0 Å². The van der Waals surface area contributed by atoms with Gasteiger partial charge in [-0.05, 0) is 26.2 Å². The number of amides is 2. The van der Waals surface area contributed by atoms with Crippen molar-refractivity contribution in [3.8, 4) is 0 Å². The molecule has 1 N–H and O–H groups in total. The van der Waals surface area contributed by atoms with Gasteiger partial charge in [0.05, 0.1) is 7.11 Å². The largest absolute Gasteiger partial charge is 0.444 e. The van der Waals surface area contributed by atoms with Crippen molar-refractivity contribution in [3.05, 3.63) is 0 Å². The maximum atomic E-state index is 12.2. The van der Waals surface area contributed by atoms with Crippen molar-refractivity contribution < 1.29 is 19.2 Å². The Bertz CT molecular complexity index is 329. The Hall–Kier alpha value is -1.30. The van der Waals surface area contributed by atoms with E-state index in [1.165, 1.54) is 14.2 Å². The molecule has 0 aliphatic heterocycles. The number of alkyl carbamates (subject to hydrolysis) is 1. The number of hydrogen-bond acceptors (Lipinski definition) is 4. The van der Waals surface area contributed by atoms with E-state index in [-0.39, 0.29) is 5.91 Å². The molecular weight excluding hydrogens is 248 g/mol. The van der Waals surface area contributed by atoms with Crippen LogP contribution in [0.1, 0.15) is 41.5 Å². The standard InChI is InChI=1S/C13H26N2O4/c1-12(2,3)9(10(16)15(7)18-8)14-11(17)19-13(4,5)6/h9H,1-8H3,(H,14,17)/t9-/m1/s1. The van der Waals surface area contributed by atoms with Crippen molar-refractivity contribution in [1.29, 1.82) is 0 Å². The number of nitrogens with one attached hydrogen (secondary N) is 1. The summed E-state index contributed by atoms with van der Waals surface area (Å²) in [6.45, 7) is 10.9. The Labute approximate surface area is 115 Å². The fraction of sp³-hybridized carbons (Fsp3) is 0.846. The van der Waals surface area contributed by atoms with Crippen LogP contribution in [0.2, 0.25) is 0 Å². The van der Waals surface area contributed by atoms with Gasteiger partial charge in [0.1, 0.15) is 11.6 Å². The summed E-state index contributed by atoms with van der Waals surface area (Å²) in [5, 5.41) is 3.69. The lowest BCUT2D eigenvalue weighted by molar-refractivity contribution is -0.173. The Morgan fingerprint density at radius 1 is 1.11 bits per heavy atom. The smallest absolute Gasteiger partial charge is 0.408 e. The molecule has 0 saturated carbocycles. The third-order valence-electron chi connectivity index (χ3n) is 2.36. The van der Waals surface area contributed by atoms with Crippen molar-refractivity contribution in [2.75, 3.05) is 14.2 Å². The Kier molecular flexibility index (Phi) is 5.81. The number of carbonyl (C=O) groups is 2. The molecule has 0 radical (unpaired) electrons. The number of carbonyl (C=O) groups excluding carboxylic acids is 2. The summed E-state index contributed by atoms with van der Waals surface area (Å²) in [7, 11) is 2.89. The summed E-state index contributed by atoms with van der Waals surface area (Å²) in [5.41, 5.74) is -1.07. The van der Waals surface area contributed by atoms with E-state index >= 15 is 0 Å². The van der Waals surface area contributed by atoms with E-state index in [0.717, 1.165) is 5.06 Å². The highest BCUT2D eigenvalue weighted by atomic mass is 16.7.